The fourth-order valence-corrected chi connectivity index (χ4v) is 2.95. The number of hydrogen-bond acceptors (Lipinski definition) is 3. The number of aryl methyl sites for hydroxylation is 1. The van der Waals surface area contributed by atoms with Crippen molar-refractivity contribution in [3.63, 3.8) is 0 Å². The first kappa shape index (κ1) is 14.0. The molecular weight excluding hydrogens is 264 g/mol. The quantitative estimate of drug-likeness (QED) is 0.869. The molecule has 0 aromatic heterocycles. The van der Waals surface area contributed by atoms with Crippen molar-refractivity contribution in [2.75, 3.05) is 13.1 Å². The van der Waals surface area contributed by atoms with Gasteiger partial charge in [-0.15, -0.1) is 0 Å². The van der Waals surface area contributed by atoms with Crippen molar-refractivity contribution in [1.82, 2.24) is 4.90 Å². The lowest BCUT2D eigenvalue weighted by Gasteiger charge is -2.16. The molecule has 6 heteroatoms. The highest BCUT2D eigenvalue weighted by atomic mass is 32.2. The second-order valence-electron chi connectivity index (χ2n) is 4.99. The van der Waals surface area contributed by atoms with Crippen LogP contribution in [-0.2, 0) is 21.2 Å². The van der Waals surface area contributed by atoms with Crippen molar-refractivity contribution in [3.8, 4) is 0 Å². The largest absolute Gasteiger partial charge is 0.341 e. The standard InChI is InChI=1S/C13H18N2O3S/c1-10-2-4-11(5-3-10)6-7-15-9-12(8-13(15)16)19(14,17)18/h2-5,12H,6-9H2,1H3,(H2,14,17,18). The Kier molecular flexibility index (Phi) is 3.91. The highest BCUT2D eigenvalue weighted by Gasteiger charge is 2.35. The van der Waals surface area contributed by atoms with Gasteiger partial charge in [0, 0.05) is 19.5 Å². The van der Waals surface area contributed by atoms with Gasteiger partial charge in [-0.05, 0) is 18.9 Å². The van der Waals surface area contributed by atoms with E-state index >= 15 is 0 Å². The Bertz CT molecular complexity index is 566. The third kappa shape index (κ3) is 3.54. The third-order valence-corrected chi connectivity index (χ3v) is 4.68. The Morgan fingerprint density at radius 3 is 2.47 bits per heavy atom. The minimum atomic E-state index is -3.62. The number of hydrogen-bond donors (Lipinski definition) is 1. The van der Waals surface area contributed by atoms with Crippen LogP contribution in [0.4, 0.5) is 0 Å². The Hall–Kier alpha value is -1.40. The van der Waals surface area contributed by atoms with Crippen molar-refractivity contribution in [3.05, 3.63) is 35.4 Å². The van der Waals surface area contributed by atoms with Crippen LogP contribution in [0.3, 0.4) is 0 Å². The van der Waals surface area contributed by atoms with Gasteiger partial charge >= 0.3 is 0 Å². The summed E-state index contributed by atoms with van der Waals surface area (Å²) in [7, 11) is -3.62. The van der Waals surface area contributed by atoms with Crippen LogP contribution < -0.4 is 5.14 Å². The topological polar surface area (TPSA) is 80.5 Å². The van der Waals surface area contributed by atoms with E-state index in [1.54, 1.807) is 4.90 Å². The van der Waals surface area contributed by atoms with Gasteiger partial charge in [-0.1, -0.05) is 29.8 Å². The molecule has 1 unspecified atom stereocenters. The molecule has 104 valence electrons. The summed E-state index contributed by atoms with van der Waals surface area (Å²) in [6.07, 6.45) is 0.732. The number of likely N-dealkylation sites (tertiary alicyclic amines) is 1. The van der Waals surface area contributed by atoms with Crippen LogP contribution in [-0.4, -0.2) is 37.6 Å². The molecule has 1 atom stereocenters. The van der Waals surface area contributed by atoms with E-state index in [1.165, 1.54) is 5.56 Å². The molecule has 19 heavy (non-hydrogen) atoms. The monoisotopic (exact) mass is 282 g/mol. The number of benzene rings is 1. The number of carbonyl (C=O) groups is 1. The lowest BCUT2D eigenvalue weighted by Crippen LogP contribution is -2.33. The fourth-order valence-electron chi connectivity index (χ4n) is 2.19. The number of sulfonamides is 1. The summed E-state index contributed by atoms with van der Waals surface area (Å²) in [5.74, 6) is -0.133. The molecule has 1 amide bonds. The lowest BCUT2D eigenvalue weighted by atomic mass is 10.1. The van der Waals surface area contributed by atoms with Crippen LogP contribution in [0.15, 0.2) is 24.3 Å². The minimum Gasteiger partial charge on any atom is -0.341 e. The van der Waals surface area contributed by atoms with Crippen LogP contribution in [0, 0.1) is 6.92 Å². The second-order valence-corrected chi connectivity index (χ2v) is 6.84. The van der Waals surface area contributed by atoms with E-state index in [0.29, 0.717) is 6.54 Å². The maximum Gasteiger partial charge on any atom is 0.224 e. The average molecular weight is 282 g/mol. The molecule has 5 nitrogen and oxygen atoms in total. The van der Waals surface area contributed by atoms with Crippen molar-refractivity contribution >= 4 is 15.9 Å². The SMILES string of the molecule is Cc1ccc(CCN2CC(S(N)(=O)=O)CC2=O)cc1. The number of carbonyl (C=O) groups excluding carboxylic acids is 1. The van der Waals surface area contributed by atoms with E-state index in [0.717, 1.165) is 12.0 Å². The molecule has 2 N–H and O–H groups in total. The number of amides is 1. The zero-order valence-electron chi connectivity index (χ0n) is 10.9. The number of nitrogens with zero attached hydrogens (tertiary/aromatic N) is 1. The highest BCUT2D eigenvalue weighted by Crippen LogP contribution is 2.17. The molecule has 1 fully saturated rings. The number of rotatable bonds is 4. The molecular formula is C13H18N2O3S. The second kappa shape index (κ2) is 5.30. The summed E-state index contributed by atoms with van der Waals surface area (Å²) in [6, 6.07) is 8.09. The molecule has 0 spiro atoms. The Balaban J connectivity index is 1.94. The Labute approximate surface area is 113 Å². The van der Waals surface area contributed by atoms with E-state index in [1.807, 2.05) is 31.2 Å². The predicted octanol–water partition coefficient (Wildman–Crippen LogP) is 0.427. The van der Waals surface area contributed by atoms with Crippen LogP contribution in [0.25, 0.3) is 0 Å². The van der Waals surface area contributed by atoms with E-state index in [4.69, 9.17) is 5.14 Å². The molecule has 1 saturated heterocycles. The number of nitrogens with two attached hydrogens (primary N) is 1. The van der Waals surface area contributed by atoms with Crippen molar-refractivity contribution in [2.24, 2.45) is 5.14 Å². The van der Waals surface area contributed by atoms with Gasteiger partial charge in [0.05, 0.1) is 0 Å². The van der Waals surface area contributed by atoms with Gasteiger partial charge in [-0.3, -0.25) is 4.79 Å². The molecule has 1 aromatic rings. The first-order valence-electron chi connectivity index (χ1n) is 6.21. The van der Waals surface area contributed by atoms with Gasteiger partial charge in [-0.25, -0.2) is 13.6 Å². The van der Waals surface area contributed by atoms with Gasteiger partial charge in [0.1, 0.15) is 5.25 Å². The summed E-state index contributed by atoms with van der Waals surface area (Å²) in [4.78, 5) is 13.3. The molecule has 0 aliphatic carbocycles. The molecule has 1 aliphatic rings. The van der Waals surface area contributed by atoms with E-state index < -0.39 is 15.3 Å². The van der Waals surface area contributed by atoms with Gasteiger partial charge in [0.25, 0.3) is 0 Å². The van der Waals surface area contributed by atoms with Gasteiger partial charge in [-0.2, -0.15) is 0 Å². The van der Waals surface area contributed by atoms with E-state index in [2.05, 4.69) is 0 Å². The molecule has 0 saturated carbocycles. The van der Waals surface area contributed by atoms with Crippen molar-refractivity contribution < 1.29 is 13.2 Å². The molecule has 1 heterocycles. The fraction of sp³-hybridized carbons (Fsp3) is 0.462. The van der Waals surface area contributed by atoms with Crippen LogP contribution in [0.2, 0.25) is 0 Å². The maximum absolute atomic E-state index is 11.7. The van der Waals surface area contributed by atoms with Crippen molar-refractivity contribution in [1.29, 1.82) is 0 Å². The lowest BCUT2D eigenvalue weighted by molar-refractivity contribution is -0.127. The molecule has 2 rings (SSSR count). The third-order valence-electron chi connectivity index (χ3n) is 3.43. The summed E-state index contributed by atoms with van der Waals surface area (Å²) >= 11 is 0. The van der Waals surface area contributed by atoms with Crippen LogP contribution >= 0.6 is 0 Å². The molecule has 1 aromatic carbocycles. The molecule has 0 bridgehead atoms. The van der Waals surface area contributed by atoms with Gasteiger partial charge in [0.15, 0.2) is 0 Å². The predicted molar refractivity (Wildman–Crippen MR) is 73.0 cm³/mol. The first-order valence-corrected chi connectivity index (χ1v) is 7.82. The average Bonchev–Trinajstić information content (AvgIpc) is 2.70. The summed E-state index contributed by atoms with van der Waals surface area (Å²) in [6.45, 7) is 2.77. The van der Waals surface area contributed by atoms with Crippen LogP contribution in [0.1, 0.15) is 17.5 Å². The minimum absolute atomic E-state index is 0.00668. The van der Waals surface area contributed by atoms with E-state index in [-0.39, 0.29) is 18.9 Å². The normalized spacial score (nSPS) is 20.0. The van der Waals surface area contributed by atoms with Crippen LogP contribution in [0.5, 0.6) is 0 Å². The Morgan fingerprint density at radius 1 is 1.32 bits per heavy atom. The summed E-state index contributed by atoms with van der Waals surface area (Å²) in [5.41, 5.74) is 2.33. The Morgan fingerprint density at radius 2 is 1.95 bits per heavy atom. The zero-order chi connectivity index (χ0) is 14.0. The summed E-state index contributed by atoms with van der Waals surface area (Å²) in [5, 5.41) is 4.33. The number of primary sulfonamides is 1. The zero-order valence-corrected chi connectivity index (χ0v) is 11.7. The highest BCUT2D eigenvalue weighted by molar-refractivity contribution is 7.89. The first-order chi connectivity index (χ1) is 8.86. The molecule has 1 aliphatic heterocycles. The van der Waals surface area contributed by atoms with Crippen molar-refractivity contribution in [2.45, 2.75) is 25.0 Å². The van der Waals surface area contributed by atoms with Gasteiger partial charge in [0.2, 0.25) is 15.9 Å². The van der Waals surface area contributed by atoms with E-state index in [9.17, 15) is 13.2 Å². The maximum atomic E-state index is 11.7. The van der Waals surface area contributed by atoms with Gasteiger partial charge < -0.3 is 4.90 Å². The molecule has 0 radical (unpaired) electrons. The summed E-state index contributed by atoms with van der Waals surface area (Å²) < 4.78 is 22.5. The smallest absolute Gasteiger partial charge is 0.224 e.